The maximum absolute atomic E-state index is 12.3. The number of carbonyl (C=O) groups excluding carboxylic acids is 2. The third-order valence-electron chi connectivity index (χ3n) is 4.15. The number of halogens is 1. The normalized spacial score (nSPS) is 17.3. The lowest BCUT2D eigenvalue weighted by Crippen LogP contribution is -2.41. The van der Waals surface area contributed by atoms with E-state index in [9.17, 15) is 9.59 Å². The molecule has 2 amide bonds. The molecule has 1 saturated heterocycles. The number of ether oxygens (including phenoxy) is 1. The number of benzene rings is 2. The average Bonchev–Trinajstić information content (AvgIpc) is 2.59. The van der Waals surface area contributed by atoms with Crippen LogP contribution in [-0.4, -0.2) is 30.3 Å². The summed E-state index contributed by atoms with van der Waals surface area (Å²) in [5.74, 6) is 1.15. The minimum atomic E-state index is -0.176. The number of hydrogen-bond acceptors (Lipinski definition) is 3. The van der Waals surface area contributed by atoms with Crippen LogP contribution < -0.4 is 10.1 Å². The Morgan fingerprint density at radius 2 is 1.96 bits per heavy atom. The maximum atomic E-state index is 12.3. The smallest absolute Gasteiger partial charge is 0.229 e. The first-order valence-corrected chi connectivity index (χ1v) is 8.47. The minimum Gasteiger partial charge on any atom is -0.457 e. The van der Waals surface area contributed by atoms with Gasteiger partial charge in [0.15, 0.2) is 0 Å². The molecule has 1 unspecified atom stereocenters. The molecule has 1 atom stereocenters. The molecule has 0 spiro atoms. The molecule has 0 saturated carbocycles. The number of hydrogen-bond donors (Lipinski definition) is 1. The van der Waals surface area contributed by atoms with Gasteiger partial charge in [-0.05, 0) is 48.9 Å². The van der Waals surface area contributed by atoms with Gasteiger partial charge in [0.05, 0.1) is 5.92 Å². The zero-order chi connectivity index (χ0) is 17.8. The molecule has 25 heavy (non-hydrogen) atoms. The van der Waals surface area contributed by atoms with Crippen molar-refractivity contribution in [3.8, 4) is 11.5 Å². The molecule has 1 N–H and O–H groups in total. The van der Waals surface area contributed by atoms with E-state index in [1.54, 1.807) is 48.3 Å². The first-order chi connectivity index (χ1) is 12.0. The molecule has 6 heteroatoms. The van der Waals surface area contributed by atoms with Gasteiger partial charge in [-0.3, -0.25) is 9.59 Å². The number of anilines is 1. The van der Waals surface area contributed by atoms with Crippen molar-refractivity contribution >= 4 is 29.1 Å². The third kappa shape index (κ3) is 4.51. The van der Waals surface area contributed by atoms with Gasteiger partial charge in [-0.1, -0.05) is 17.7 Å². The topological polar surface area (TPSA) is 58.6 Å². The van der Waals surface area contributed by atoms with Gasteiger partial charge in [0.25, 0.3) is 0 Å². The van der Waals surface area contributed by atoms with Crippen molar-refractivity contribution in [2.24, 2.45) is 5.92 Å². The summed E-state index contributed by atoms with van der Waals surface area (Å²) in [6, 6.07) is 14.3. The van der Waals surface area contributed by atoms with Gasteiger partial charge in [0.1, 0.15) is 11.5 Å². The number of amides is 2. The lowest BCUT2D eigenvalue weighted by atomic mass is 9.97. The SMILES string of the molecule is CN1CC(C(=O)Nc2ccc(Oc3cccc(Cl)c3)cc2)CCC1=O. The summed E-state index contributed by atoms with van der Waals surface area (Å²) in [5, 5.41) is 3.50. The fourth-order valence-electron chi connectivity index (χ4n) is 2.74. The number of likely N-dealkylation sites (tertiary alicyclic amines) is 1. The largest absolute Gasteiger partial charge is 0.457 e. The van der Waals surface area contributed by atoms with Gasteiger partial charge in [-0.15, -0.1) is 0 Å². The summed E-state index contributed by atoms with van der Waals surface area (Å²) in [6.07, 6.45) is 1.01. The molecular formula is C19H19ClN2O3. The van der Waals surface area contributed by atoms with Crippen molar-refractivity contribution in [3.63, 3.8) is 0 Å². The van der Waals surface area contributed by atoms with Crippen LogP contribution in [0.25, 0.3) is 0 Å². The van der Waals surface area contributed by atoms with Crippen LogP contribution in [0.3, 0.4) is 0 Å². The Hall–Kier alpha value is -2.53. The van der Waals surface area contributed by atoms with Gasteiger partial charge in [-0.2, -0.15) is 0 Å². The van der Waals surface area contributed by atoms with Gasteiger partial charge in [0, 0.05) is 30.7 Å². The van der Waals surface area contributed by atoms with Crippen molar-refractivity contribution in [1.82, 2.24) is 4.90 Å². The van der Waals surface area contributed by atoms with Crippen LogP contribution in [0.15, 0.2) is 48.5 Å². The molecule has 0 bridgehead atoms. The summed E-state index contributed by atoms with van der Waals surface area (Å²) >= 11 is 5.93. The molecule has 0 radical (unpaired) electrons. The van der Waals surface area contributed by atoms with Crippen molar-refractivity contribution < 1.29 is 14.3 Å². The molecule has 2 aromatic rings. The fourth-order valence-corrected chi connectivity index (χ4v) is 2.92. The van der Waals surface area contributed by atoms with Gasteiger partial charge >= 0.3 is 0 Å². The van der Waals surface area contributed by atoms with Crippen LogP contribution in [0.5, 0.6) is 11.5 Å². The van der Waals surface area contributed by atoms with E-state index >= 15 is 0 Å². The van der Waals surface area contributed by atoms with E-state index in [0.29, 0.717) is 41.6 Å². The van der Waals surface area contributed by atoms with Crippen LogP contribution in [0, 0.1) is 5.92 Å². The Kier molecular flexibility index (Phi) is 5.24. The van der Waals surface area contributed by atoms with Gasteiger partial charge in [0.2, 0.25) is 11.8 Å². The van der Waals surface area contributed by atoms with E-state index in [1.807, 2.05) is 12.1 Å². The summed E-state index contributed by atoms with van der Waals surface area (Å²) in [5.41, 5.74) is 0.697. The second-order valence-corrected chi connectivity index (χ2v) is 6.52. The predicted octanol–water partition coefficient (Wildman–Crippen LogP) is 3.94. The quantitative estimate of drug-likeness (QED) is 0.900. The number of nitrogens with one attached hydrogen (secondary N) is 1. The highest BCUT2D eigenvalue weighted by atomic mass is 35.5. The molecular weight excluding hydrogens is 340 g/mol. The fraction of sp³-hybridized carbons (Fsp3) is 0.263. The first-order valence-electron chi connectivity index (χ1n) is 8.09. The zero-order valence-electron chi connectivity index (χ0n) is 13.9. The maximum Gasteiger partial charge on any atom is 0.229 e. The average molecular weight is 359 g/mol. The van der Waals surface area contributed by atoms with Gasteiger partial charge < -0.3 is 15.0 Å². The van der Waals surface area contributed by atoms with Crippen LogP contribution in [0.4, 0.5) is 5.69 Å². The highest BCUT2D eigenvalue weighted by Gasteiger charge is 2.28. The van der Waals surface area contributed by atoms with Crippen LogP contribution in [0.2, 0.25) is 5.02 Å². The zero-order valence-corrected chi connectivity index (χ0v) is 14.6. The molecule has 0 aromatic heterocycles. The molecule has 3 rings (SSSR count). The van der Waals surface area contributed by atoms with Crippen molar-refractivity contribution in [3.05, 3.63) is 53.6 Å². The lowest BCUT2D eigenvalue weighted by molar-refractivity contribution is -0.135. The summed E-state index contributed by atoms with van der Waals surface area (Å²) in [6.45, 7) is 0.459. The van der Waals surface area contributed by atoms with Crippen molar-refractivity contribution in [2.75, 3.05) is 18.9 Å². The van der Waals surface area contributed by atoms with E-state index in [4.69, 9.17) is 16.3 Å². The van der Waals surface area contributed by atoms with E-state index < -0.39 is 0 Å². The second kappa shape index (κ2) is 7.57. The molecule has 5 nitrogen and oxygen atoms in total. The Bertz CT molecular complexity index is 776. The number of carbonyl (C=O) groups is 2. The standard InChI is InChI=1S/C19H19ClN2O3/c1-22-12-13(5-10-18(22)23)19(24)21-15-6-8-16(9-7-15)25-17-4-2-3-14(20)11-17/h2-4,6-9,11,13H,5,10,12H2,1H3,(H,21,24). The van der Waals surface area contributed by atoms with Crippen LogP contribution >= 0.6 is 11.6 Å². The molecule has 1 fully saturated rings. The number of rotatable bonds is 4. The second-order valence-electron chi connectivity index (χ2n) is 6.08. The Labute approximate surface area is 151 Å². The molecule has 1 aliphatic heterocycles. The van der Waals surface area contributed by atoms with Crippen LogP contribution in [0.1, 0.15) is 12.8 Å². The minimum absolute atomic E-state index is 0.0668. The lowest BCUT2D eigenvalue weighted by Gasteiger charge is -2.28. The molecule has 0 aliphatic carbocycles. The summed E-state index contributed by atoms with van der Waals surface area (Å²) in [4.78, 5) is 25.4. The van der Waals surface area contributed by atoms with Crippen molar-refractivity contribution in [1.29, 1.82) is 0 Å². The Morgan fingerprint density at radius 1 is 1.20 bits per heavy atom. The number of nitrogens with zero attached hydrogens (tertiary/aromatic N) is 1. The van der Waals surface area contributed by atoms with E-state index in [0.717, 1.165) is 0 Å². The van der Waals surface area contributed by atoms with E-state index in [2.05, 4.69) is 5.32 Å². The third-order valence-corrected chi connectivity index (χ3v) is 4.39. The first kappa shape index (κ1) is 17.3. The molecule has 130 valence electrons. The van der Waals surface area contributed by atoms with Gasteiger partial charge in [-0.25, -0.2) is 0 Å². The highest BCUT2D eigenvalue weighted by Crippen LogP contribution is 2.26. The number of piperidine rings is 1. The highest BCUT2D eigenvalue weighted by molar-refractivity contribution is 6.30. The monoisotopic (exact) mass is 358 g/mol. The Morgan fingerprint density at radius 3 is 2.64 bits per heavy atom. The van der Waals surface area contributed by atoms with Crippen LogP contribution in [-0.2, 0) is 9.59 Å². The molecule has 2 aromatic carbocycles. The molecule has 1 heterocycles. The van der Waals surface area contributed by atoms with Crippen molar-refractivity contribution in [2.45, 2.75) is 12.8 Å². The predicted molar refractivity (Wildman–Crippen MR) is 97.0 cm³/mol. The molecule has 1 aliphatic rings. The summed E-state index contributed by atoms with van der Waals surface area (Å²) in [7, 11) is 1.73. The Balaban J connectivity index is 1.59. The van der Waals surface area contributed by atoms with E-state index in [-0.39, 0.29) is 17.7 Å². The summed E-state index contributed by atoms with van der Waals surface area (Å²) < 4.78 is 5.72. The van der Waals surface area contributed by atoms with E-state index in [1.165, 1.54) is 0 Å².